The van der Waals surface area contributed by atoms with Crippen LogP contribution >= 0.6 is 11.6 Å². The van der Waals surface area contributed by atoms with Gasteiger partial charge in [-0.2, -0.15) is 0 Å². The van der Waals surface area contributed by atoms with Gasteiger partial charge in [-0.05, 0) is 36.8 Å². The molecule has 1 atom stereocenters. The van der Waals surface area contributed by atoms with E-state index in [4.69, 9.17) is 16.0 Å². The van der Waals surface area contributed by atoms with Crippen molar-refractivity contribution < 1.29 is 31.9 Å². The van der Waals surface area contributed by atoms with Crippen LogP contribution < -0.4 is 10.1 Å². The largest absolute Gasteiger partial charge is 0.573 e. The summed E-state index contributed by atoms with van der Waals surface area (Å²) in [6.45, 7) is 1.30. The van der Waals surface area contributed by atoms with Gasteiger partial charge in [-0.15, -0.1) is 13.2 Å². The minimum atomic E-state index is -4.83. The highest BCUT2D eigenvalue weighted by atomic mass is 35.5. The van der Waals surface area contributed by atoms with Crippen LogP contribution in [0.15, 0.2) is 59.2 Å². The third-order valence-corrected chi connectivity index (χ3v) is 5.25. The smallest absolute Gasteiger partial charge is 0.444 e. The summed E-state index contributed by atoms with van der Waals surface area (Å²) in [5.74, 6) is -0.789. The average molecular weight is 466 g/mol. The Kier molecular flexibility index (Phi) is 5.33. The Bertz CT molecular complexity index is 1180. The van der Waals surface area contributed by atoms with Crippen molar-refractivity contribution >= 4 is 23.5 Å². The summed E-state index contributed by atoms with van der Waals surface area (Å²) in [6, 6.07) is 11.0. The van der Waals surface area contributed by atoms with E-state index in [0.29, 0.717) is 21.8 Å². The van der Waals surface area contributed by atoms with Crippen LogP contribution in [-0.4, -0.2) is 28.2 Å². The maximum Gasteiger partial charge on any atom is 0.573 e. The number of oxazole rings is 1. The third kappa shape index (κ3) is 4.13. The molecule has 1 aromatic heterocycles. The number of hydrogen-bond acceptors (Lipinski definition) is 5. The second kappa shape index (κ2) is 7.86. The van der Waals surface area contributed by atoms with E-state index in [1.54, 1.807) is 24.3 Å². The Labute approximate surface area is 184 Å². The third-order valence-electron chi connectivity index (χ3n) is 4.92. The van der Waals surface area contributed by atoms with Crippen LogP contribution in [0.25, 0.3) is 11.5 Å². The molecule has 3 amide bonds. The molecule has 0 saturated carbocycles. The molecule has 11 heteroatoms. The van der Waals surface area contributed by atoms with Gasteiger partial charge in [0, 0.05) is 0 Å². The molecule has 7 nitrogen and oxygen atoms in total. The van der Waals surface area contributed by atoms with Crippen molar-refractivity contribution in [3.8, 4) is 17.2 Å². The summed E-state index contributed by atoms with van der Waals surface area (Å²) in [5.41, 5.74) is -0.293. The van der Waals surface area contributed by atoms with Gasteiger partial charge in [0.05, 0.1) is 22.8 Å². The van der Waals surface area contributed by atoms with Crippen molar-refractivity contribution in [3.63, 3.8) is 0 Å². The number of carbonyl (C=O) groups excluding carboxylic acids is 2. The number of halogens is 4. The highest BCUT2D eigenvalue weighted by molar-refractivity contribution is 6.33. The summed E-state index contributed by atoms with van der Waals surface area (Å²) in [5, 5.41) is 3.01. The standard InChI is InChI=1S/C21H15ClF3N3O4/c1-20(12-6-8-14(9-7-12)32-21(23,24)25)18(29)28(19(30)27-20)10-13-11-31-17(26-13)15-4-2-3-5-16(15)22/h2-9,11H,10H2,1H3,(H,27,30). The lowest BCUT2D eigenvalue weighted by Gasteiger charge is -2.22. The second-order valence-electron chi connectivity index (χ2n) is 7.14. The molecular formula is C21H15ClF3N3O4. The van der Waals surface area contributed by atoms with Crippen molar-refractivity contribution in [2.24, 2.45) is 0 Å². The van der Waals surface area contributed by atoms with E-state index in [9.17, 15) is 22.8 Å². The lowest BCUT2D eigenvalue weighted by atomic mass is 9.92. The fourth-order valence-electron chi connectivity index (χ4n) is 3.33. The number of urea groups is 1. The zero-order chi connectivity index (χ0) is 23.1. The molecule has 166 valence electrons. The highest BCUT2D eigenvalue weighted by Crippen LogP contribution is 2.33. The van der Waals surface area contributed by atoms with Crippen LogP contribution in [0.4, 0.5) is 18.0 Å². The van der Waals surface area contributed by atoms with Crippen LogP contribution in [0.1, 0.15) is 18.2 Å². The Morgan fingerprint density at radius 3 is 2.50 bits per heavy atom. The minimum Gasteiger partial charge on any atom is -0.444 e. The number of hydrogen-bond donors (Lipinski definition) is 1. The number of nitrogens with one attached hydrogen (secondary N) is 1. The number of carbonyl (C=O) groups is 2. The van der Waals surface area contributed by atoms with Crippen LogP contribution in [0.5, 0.6) is 5.75 Å². The van der Waals surface area contributed by atoms with Crippen LogP contribution in [0.2, 0.25) is 5.02 Å². The number of benzene rings is 2. The molecular weight excluding hydrogens is 451 g/mol. The normalized spacial score (nSPS) is 18.7. The second-order valence-corrected chi connectivity index (χ2v) is 7.55. The summed E-state index contributed by atoms with van der Waals surface area (Å²) in [4.78, 5) is 30.8. The van der Waals surface area contributed by atoms with E-state index in [0.717, 1.165) is 17.0 Å². The fourth-order valence-corrected chi connectivity index (χ4v) is 3.54. The first-order chi connectivity index (χ1) is 15.1. The molecule has 1 saturated heterocycles. The highest BCUT2D eigenvalue weighted by Gasteiger charge is 2.49. The van der Waals surface area contributed by atoms with Gasteiger partial charge in [0.25, 0.3) is 5.91 Å². The van der Waals surface area contributed by atoms with Crippen molar-refractivity contribution in [1.29, 1.82) is 0 Å². The molecule has 0 aliphatic carbocycles. The Morgan fingerprint density at radius 2 is 1.84 bits per heavy atom. The summed E-state index contributed by atoms with van der Waals surface area (Å²) < 4.78 is 46.4. The predicted molar refractivity (Wildman–Crippen MR) is 107 cm³/mol. The fraction of sp³-hybridized carbons (Fsp3) is 0.190. The molecule has 1 aliphatic heterocycles. The Balaban J connectivity index is 1.52. The van der Waals surface area contributed by atoms with E-state index in [2.05, 4.69) is 15.0 Å². The van der Waals surface area contributed by atoms with Crippen molar-refractivity contribution in [2.45, 2.75) is 25.4 Å². The Hall–Kier alpha value is -3.53. The van der Waals surface area contributed by atoms with E-state index in [1.165, 1.54) is 25.3 Å². The molecule has 2 aromatic carbocycles. The molecule has 0 bridgehead atoms. The van der Waals surface area contributed by atoms with Crippen LogP contribution in [0, 0.1) is 0 Å². The summed E-state index contributed by atoms with van der Waals surface area (Å²) >= 11 is 6.14. The maximum absolute atomic E-state index is 13.0. The average Bonchev–Trinajstić information content (AvgIpc) is 3.27. The summed E-state index contributed by atoms with van der Waals surface area (Å²) in [6.07, 6.45) is -3.52. The van der Waals surface area contributed by atoms with Gasteiger partial charge >= 0.3 is 12.4 Å². The monoisotopic (exact) mass is 465 g/mol. The first-order valence-corrected chi connectivity index (χ1v) is 9.64. The topological polar surface area (TPSA) is 84.7 Å². The lowest BCUT2D eigenvalue weighted by Crippen LogP contribution is -2.40. The SMILES string of the molecule is CC1(c2ccc(OC(F)(F)F)cc2)NC(=O)N(Cc2coc(-c3ccccc3Cl)n2)C1=O. The molecule has 1 aliphatic rings. The van der Waals surface area contributed by atoms with Gasteiger partial charge in [-0.25, -0.2) is 9.78 Å². The molecule has 32 heavy (non-hydrogen) atoms. The predicted octanol–water partition coefficient (Wildman–Crippen LogP) is 4.86. The minimum absolute atomic E-state index is 0.163. The zero-order valence-corrected chi connectivity index (χ0v) is 17.2. The molecule has 1 unspecified atom stereocenters. The lowest BCUT2D eigenvalue weighted by molar-refractivity contribution is -0.274. The van der Waals surface area contributed by atoms with Gasteiger partial charge in [-0.1, -0.05) is 35.9 Å². The van der Waals surface area contributed by atoms with Crippen molar-refractivity contribution in [3.05, 3.63) is 71.1 Å². The van der Waals surface area contributed by atoms with Crippen molar-refractivity contribution in [1.82, 2.24) is 15.2 Å². The number of imide groups is 1. The number of ether oxygens (including phenoxy) is 1. The molecule has 3 aromatic rings. The van der Waals surface area contributed by atoms with Gasteiger partial charge in [0.1, 0.15) is 17.6 Å². The van der Waals surface area contributed by atoms with E-state index < -0.39 is 29.6 Å². The first kappa shape index (κ1) is 21.7. The molecule has 4 rings (SSSR count). The molecule has 1 fully saturated rings. The summed E-state index contributed by atoms with van der Waals surface area (Å²) in [7, 11) is 0. The number of nitrogens with zero attached hydrogens (tertiary/aromatic N) is 2. The van der Waals surface area contributed by atoms with E-state index in [-0.39, 0.29) is 12.4 Å². The first-order valence-electron chi connectivity index (χ1n) is 9.26. The number of amides is 3. The van der Waals surface area contributed by atoms with Gasteiger partial charge in [0.15, 0.2) is 0 Å². The number of alkyl halides is 3. The van der Waals surface area contributed by atoms with E-state index in [1.807, 2.05) is 0 Å². The Morgan fingerprint density at radius 1 is 1.16 bits per heavy atom. The van der Waals surface area contributed by atoms with Crippen LogP contribution in [0.3, 0.4) is 0 Å². The van der Waals surface area contributed by atoms with Crippen LogP contribution in [-0.2, 0) is 16.9 Å². The van der Waals surface area contributed by atoms with Gasteiger partial charge < -0.3 is 14.5 Å². The number of rotatable bonds is 5. The molecule has 0 spiro atoms. The van der Waals surface area contributed by atoms with E-state index >= 15 is 0 Å². The molecule has 1 N–H and O–H groups in total. The molecule has 0 radical (unpaired) electrons. The molecule has 2 heterocycles. The van der Waals surface area contributed by atoms with Gasteiger partial charge in [-0.3, -0.25) is 9.69 Å². The quantitative estimate of drug-likeness (QED) is 0.544. The maximum atomic E-state index is 13.0. The van der Waals surface area contributed by atoms with Gasteiger partial charge in [0.2, 0.25) is 5.89 Å². The van der Waals surface area contributed by atoms with Crippen molar-refractivity contribution in [2.75, 3.05) is 0 Å². The number of aromatic nitrogens is 1. The zero-order valence-electron chi connectivity index (χ0n) is 16.4.